The summed E-state index contributed by atoms with van der Waals surface area (Å²) in [5, 5.41) is 0. The predicted octanol–water partition coefficient (Wildman–Crippen LogP) is -0.758. The highest BCUT2D eigenvalue weighted by Crippen LogP contribution is 2.21. The Labute approximate surface area is 85.3 Å². The van der Waals surface area contributed by atoms with Crippen molar-refractivity contribution in [2.24, 2.45) is 11.7 Å². The summed E-state index contributed by atoms with van der Waals surface area (Å²) in [7, 11) is -1.55. The Morgan fingerprint density at radius 1 is 1.64 bits per heavy atom. The van der Waals surface area contributed by atoms with E-state index in [2.05, 4.69) is 0 Å². The van der Waals surface area contributed by atoms with Crippen molar-refractivity contribution in [3.8, 4) is 0 Å². The normalized spacial score (nSPS) is 29.2. The van der Waals surface area contributed by atoms with E-state index < -0.39 is 10.0 Å². The van der Waals surface area contributed by atoms with Crippen LogP contribution in [0.2, 0.25) is 0 Å². The van der Waals surface area contributed by atoms with Gasteiger partial charge in [-0.05, 0) is 5.92 Å². The van der Waals surface area contributed by atoms with Gasteiger partial charge in [-0.1, -0.05) is 6.92 Å². The van der Waals surface area contributed by atoms with E-state index in [0.29, 0.717) is 19.7 Å². The summed E-state index contributed by atoms with van der Waals surface area (Å²) < 4.78 is 29.7. The number of rotatable bonds is 4. The monoisotopic (exact) mass is 222 g/mol. The summed E-state index contributed by atoms with van der Waals surface area (Å²) >= 11 is 0. The van der Waals surface area contributed by atoms with Gasteiger partial charge in [0, 0.05) is 20.2 Å². The van der Waals surface area contributed by atoms with Crippen molar-refractivity contribution in [2.45, 2.75) is 13.0 Å². The number of ether oxygens (including phenoxy) is 1. The van der Waals surface area contributed by atoms with Gasteiger partial charge in [0.15, 0.2) is 0 Å². The van der Waals surface area contributed by atoms with E-state index in [4.69, 9.17) is 10.5 Å². The average molecular weight is 222 g/mol. The minimum Gasteiger partial charge on any atom is -0.383 e. The van der Waals surface area contributed by atoms with Gasteiger partial charge in [-0.3, -0.25) is 0 Å². The molecule has 5 nitrogen and oxygen atoms in total. The molecule has 0 aliphatic carbocycles. The molecule has 0 radical (unpaired) electrons. The fourth-order valence-electron chi connectivity index (χ4n) is 1.77. The Hall–Kier alpha value is -0.170. The van der Waals surface area contributed by atoms with E-state index in [1.54, 1.807) is 7.11 Å². The molecule has 2 atom stereocenters. The third-order valence-electron chi connectivity index (χ3n) is 2.38. The Balaban J connectivity index is 2.75. The molecule has 14 heavy (non-hydrogen) atoms. The molecule has 0 saturated carbocycles. The maximum Gasteiger partial charge on any atom is 0.214 e. The first kappa shape index (κ1) is 11.9. The molecule has 1 rings (SSSR count). The Morgan fingerprint density at radius 3 is 2.64 bits per heavy atom. The molecule has 1 heterocycles. The van der Waals surface area contributed by atoms with Gasteiger partial charge in [0.2, 0.25) is 10.0 Å². The number of hydrogen-bond donors (Lipinski definition) is 1. The van der Waals surface area contributed by atoms with Crippen molar-refractivity contribution >= 4 is 10.0 Å². The third kappa shape index (κ3) is 2.44. The average Bonchev–Trinajstić information content (AvgIpc) is 2.35. The molecule has 2 unspecified atom stereocenters. The second-order valence-corrected chi connectivity index (χ2v) is 5.76. The van der Waals surface area contributed by atoms with Gasteiger partial charge < -0.3 is 10.5 Å². The van der Waals surface area contributed by atoms with Crippen LogP contribution in [0.1, 0.15) is 6.92 Å². The maximum absolute atomic E-state index is 11.7. The Morgan fingerprint density at radius 2 is 2.29 bits per heavy atom. The van der Waals surface area contributed by atoms with Gasteiger partial charge in [0.1, 0.15) is 0 Å². The third-order valence-corrected chi connectivity index (χ3v) is 4.53. The van der Waals surface area contributed by atoms with Gasteiger partial charge in [0.05, 0.1) is 18.4 Å². The van der Waals surface area contributed by atoms with Crippen LogP contribution in [0.4, 0.5) is 0 Å². The van der Waals surface area contributed by atoms with Gasteiger partial charge in [-0.25, -0.2) is 8.42 Å². The minimum atomic E-state index is -3.10. The second-order valence-electron chi connectivity index (χ2n) is 3.80. The number of nitrogens with zero attached hydrogens (tertiary/aromatic N) is 1. The number of sulfonamides is 1. The van der Waals surface area contributed by atoms with E-state index in [-0.39, 0.29) is 17.7 Å². The highest BCUT2D eigenvalue weighted by atomic mass is 32.2. The van der Waals surface area contributed by atoms with Crippen LogP contribution < -0.4 is 5.73 Å². The van der Waals surface area contributed by atoms with E-state index in [0.717, 1.165) is 0 Å². The first-order chi connectivity index (χ1) is 6.51. The van der Waals surface area contributed by atoms with Crippen LogP contribution in [0.25, 0.3) is 0 Å². The highest BCUT2D eigenvalue weighted by Gasteiger charge is 2.37. The fraction of sp³-hybridized carbons (Fsp3) is 1.00. The highest BCUT2D eigenvalue weighted by molar-refractivity contribution is 7.89. The smallest absolute Gasteiger partial charge is 0.214 e. The molecule has 1 aliphatic heterocycles. The van der Waals surface area contributed by atoms with Gasteiger partial charge in [-0.2, -0.15) is 4.31 Å². The van der Waals surface area contributed by atoms with E-state index in [1.807, 2.05) is 6.92 Å². The van der Waals surface area contributed by atoms with Gasteiger partial charge >= 0.3 is 0 Å². The van der Waals surface area contributed by atoms with E-state index >= 15 is 0 Å². The van der Waals surface area contributed by atoms with Crippen LogP contribution in [-0.2, 0) is 14.8 Å². The molecule has 2 N–H and O–H groups in total. The number of methoxy groups -OCH3 is 1. The lowest BCUT2D eigenvalue weighted by Crippen LogP contribution is -2.44. The van der Waals surface area contributed by atoms with E-state index in [9.17, 15) is 8.42 Å². The quantitative estimate of drug-likeness (QED) is 0.679. The summed E-state index contributed by atoms with van der Waals surface area (Å²) in [5.41, 5.74) is 5.52. The zero-order valence-electron chi connectivity index (χ0n) is 8.64. The molecule has 6 heteroatoms. The van der Waals surface area contributed by atoms with Crippen LogP contribution >= 0.6 is 0 Å². The molecular formula is C8H18N2O3S. The molecule has 0 bridgehead atoms. The lowest BCUT2D eigenvalue weighted by Gasteiger charge is -2.24. The van der Waals surface area contributed by atoms with Crippen LogP contribution in [0.15, 0.2) is 0 Å². The first-order valence-electron chi connectivity index (χ1n) is 4.69. The van der Waals surface area contributed by atoms with Crippen molar-refractivity contribution in [3.05, 3.63) is 0 Å². The van der Waals surface area contributed by atoms with Crippen LogP contribution in [0, 0.1) is 5.92 Å². The number of nitrogens with two attached hydrogens (primary N) is 1. The molecule has 0 spiro atoms. The molecular weight excluding hydrogens is 204 g/mol. The van der Waals surface area contributed by atoms with Crippen molar-refractivity contribution < 1.29 is 13.2 Å². The minimum absolute atomic E-state index is 0.186. The molecule has 0 aromatic carbocycles. The summed E-state index contributed by atoms with van der Waals surface area (Å²) in [5.74, 6) is 0.415. The van der Waals surface area contributed by atoms with Gasteiger partial charge in [-0.15, -0.1) is 0 Å². The van der Waals surface area contributed by atoms with E-state index in [1.165, 1.54) is 4.31 Å². The Kier molecular flexibility index (Phi) is 3.88. The zero-order valence-corrected chi connectivity index (χ0v) is 9.46. The first-order valence-corrected chi connectivity index (χ1v) is 6.30. The van der Waals surface area contributed by atoms with Gasteiger partial charge in [0.25, 0.3) is 0 Å². The molecule has 0 amide bonds. The molecule has 1 aliphatic rings. The standard InChI is InChI=1S/C8H18N2O3S/c1-7-4-10(14(11,12)6-7)8(3-9)5-13-2/h7-8H,3-6,9H2,1-2H3. The topological polar surface area (TPSA) is 72.6 Å². The van der Waals surface area contributed by atoms with Crippen molar-refractivity contribution in [1.29, 1.82) is 0 Å². The lowest BCUT2D eigenvalue weighted by molar-refractivity contribution is 0.136. The van der Waals surface area contributed by atoms with Crippen LogP contribution in [0.5, 0.6) is 0 Å². The lowest BCUT2D eigenvalue weighted by atomic mass is 10.2. The fourth-order valence-corrected chi connectivity index (χ4v) is 3.86. The van der Waals surface area contributed by atoms with Crippen molar-refractivity contribution in [3.63, 3.8) is 0 Å². The summed E-state index contributed by atoms with van der Waals surface area (Å²) in [6.45, 7) is 3.16. The molecule has 0 aromatic heterocycles. The summed E-state index contributed by atoms with van der Waals surface area (Å²) in [6, 6.07) is -0.213. The molecule has 84 valence electrons. The molecule has 0 aromatic rings. The Bertz CT molecular complexity index is 278. The van der Waals surface area contributed by atoms with Crippen LogP contribution in [-0.4, -0.2) is 51.3 Å². The molecule has 1 saturated heterocycles. The molecule has 1 fully saturated rings. The largest absolute Gasteiger partial charge is 0.383 e. The zero-order chi connectivity index (χ0) is 10.8. The maximum atomic E-state index is 11.7. The predicted molar refractivity (Wildman–Crippen MR) is 54.4 cm³/mol. The van der Waals surface area contributed by atoms with Crippen molar-refractivity contribution in [1.82, 2.24) is 4.31 Å². The van der Waals surface area contributed by atoms with Crippen molar-refractivity contribution in [2.75, 3.05) is 32.6 Å². The summed E-state index contributed by atoms with van der Waals surface area (Å²) in [4.78, 5) is 0. The van der Waals surface area contributed by atoms with Crippen LogP contribution in [0.3, 0.4) is 0 Å². The second kappa shape index (κ2) is 4.57. The SMILES string of the molecule is COCC(CN)N1CC(C)CS1(=O)=O. The number of hydrogen-bond acceptors (Lipinski definition) is 4. The summed E-state index contributed by atoms with van der Waals surface area (Å²) in [6.07, 6.45) is 0.